The van der Waals surface area contributed by atoms with Crippen LogP contribution in [0.25, 0.3) is 11.0 Å². The number of benzene rings is 2. The highest BCUT2D eigenvalue weighted by Crippen LogP contribution is 2.24. The zero-order valence-corrected chi connectivity index (χ0v) is 12.3. The fourth-order valence-corrected chi connectivity index (χ4v) is 3.43. The Labute approximate surface area is 129 Å². The number of rotatable bonds is 3. The van der Waals surface area contributed by atoms with Gasteiger partial charge in [-0.15, -0.1) is 0 Å². The maximum absolute atomic E-state index is 12.5. The fraction of sp³-hybridized carbons (Fsp3) is 0. The zero-order valence-electron chi connectivity index (χ0n) is 11.5. The summed E-state index contributed by atoms with van der Waals surface area (Å²) in [7, 11) is -4.07. The minimum atomic E-state index is -4.07. The number of hydrogen-bond acceptors (Lipinski definition) is 6. The summed E-state index contributed by atoms with van der Waals surface area (Å²) >= 11 is 0. The molecular formula is C15H9NO6S. The van der Waals surface area contributed by atoms with Crippen molar-refractivity contribution in [3.63, 3.8) is 0 Å². The SMILES string of the molecule is O=c1oc2ccc([N+](=O)[O-])cc2cc1S(=O)(=O)c1ccccc1. The molecule has 3 aromatic rings. The molecule has 0 amide bonds. The second kappa shape index (κ2) is 5.33. The molecule has 23 heavy (non-hydrogen) atoms. The summed E-state index contributed by atoms with van der Waals surface area (Å²) in [6.45, 7) is 0. The van der Waals surface area contributed by atoms with Crippen LogP contribution < -0.4 is 5.63 Å². The summed E-state index contributed by atoms with van der Waals surface area (Å²) < 4.78 is 30.0. The van der Waals surface area contributed by atoms with Crippen molar-refractivity contribution in [1.82, 2.24) is 0 Å². The largest absolute Gasteiger partial charge is 0.422 e. The summed E-state index contributed by atoms with van der Waals surface area (Å²) in [5.74, 6) is 0. The van der Waals surface area contributed by atoms with Gasteiger partial charge in [-0.2, -0.15) is 0 Å². The number of fused-ring (bicyclic) bond motifs is 1. The van der Waals surface area contributed by atoms with Crippen LogP contribution in [0.4, 0.5) is 5.69 Å². The van der Waals surface area contributed by atoms with Gasteiger partial charge in [0.1, 0.15) is 5.58 Å². The number of nitro benzene ring substituents is 1. The molecule has 0 aliphatic heterocycles. The average Bonchev–Trinajstić information content (AvgIpc) is 2.54. The predicted molar refractivity (Wildman–Crippen MR) is 81.0 cm³/mol. The standard InChI is InChI=1S/C15H9NO6S/c17-15-14(23(20,21)12-4-2-1-3-5-12)9-10-8-11(16(18)19)6-7-13(10)22-15/h1-9H. The van der Waals surface area contributed by atoms with Gasteiger partial charge in [-0.3, -0.25) is 10.1 Å². The molecule has 0 spiro atoms. The number of nitrogens with zero attached hydrogens (tertiary/aromatic N) is 1. The van der Waals surface area contributed by atoms with Crippen LogP contribution in [0.2, 0.25) is 0 Å². The molecule has 0 atom stereocenters. The van der Waals surface area contributed by atoms with E-state index in [4.69, 9.17) is 4.42 Å². The summed E-state index contributed by atoms with van der Waals surface area (Å²) in [4.78, 5) is 21.6. The van der Waals surface area contributed by atoms with E-state index in [0.717, 1.165) is 12.1 Å². The van der Waals surface area contributed by atoms with Crippen molar-refractivity contribution in [1.29, 1.82) is 0 Å². The molecule has 3 rings (SSSR count). The summed E-state index contributed by atoms with van der Waals surface area (Å²) in [6, 6.07) is 12.1. The third-order valence-corrected chi connectivity index (χ3v) is 4.99. The second-order valence-corrected chi connectivity index (χ2v) is 6.61. The molecule has 116 valence electrons. The van der Waals surface area contributed by atoms with E-state index in [2.05, 4.69) is 0 Å². The van der Waals surface area contributed by atoms with E-state index >= 15 is 0 Å². The first-order valence-electron chi connectivity index (χ1n) is 6.42. The fourth-order valence-electron chi connectivity index (χ4n) is 2.12. The molecule has 0 radical (unpaired) electrons. The first-order valence-corrected chi connectivity index (χ1v) is 7.90. The van der Waals surface area contributed by atoms with Crippen LogP contribution in [0.5, 0.6) is 0 Å². The van der Waals surface area contributed by atoms with E-state index in [1.165, 1.54) is 36.4 Å². The van der Waals surface area contributed by atoms with Gasteiger partial charge in [-0.1, -0.05) is 18.2 Å². The molecule has 2 aromatic carbocycles. The number of nitro groups is 1. The number of sulfone groups is 1. The van der Waals surface area contributed by atoms with Gasteiger partial charge in [0, 0.05) is 17.5 Å². The minimum Gasteiger partial charge on any atom is -0.422 e. The number of hydrogen-bond donors (Lipinski definition) is 0. The quantitative estimate of drug-likeness (QED) is 0.414. The third kappa shape index (κ3) is 2.59. The molecule has 0 fully saturated rings. The van der Waals surface area contributed by atoms with E-state index in [1.807, 2.05) is 0 Å². The van der Waals surface area contributed by atoms with Gasteiger partial charge < -0.3 is 4.42 Å². The molecule has 0 aliphatic carbocycles. The Kier molecular flexibility index (Phi) is 3.45. The van der Waals surface area contributed by atoms with Crippen LogP contribution in [0.1, 0.15) is 0 Å². The van der Waals surface area contributed by atoms with Crippen molar-refractivity contribution >= 4 is 26.5 Å². The molecule has 0 saturated carbocycles. The molecular weight excluding hydrogens is 322 g/mol. The van der Waals surface area contributed by atoms with E-state index in [0.29, 0.717) is 0 Å². The zero-order chi connectivity index (χ0) is 16.6. The van der Waals surface area contributed by atoms with Crippen LogP contribution in [0.3, 0.4) is 0 Å². The Morgan fingerprint density at radius 1 is 1.00 bits per heavy atom. The highest BCUT2D eigenvalue weighted by Gasteiger charge is 2.23. The van der Waals surface area contributed by atoms with Crippen molar-refractivity contribution in [3.05, 3.63) is 75.1 Å². The van der Waals surface area contributed by atoms with E-state index in [9.17, 15) is 23.3 Å². The van der Waals surface area contributed by atoms with E-state index < -0.39 is 25.3 Å². The summed E-state index contributed by atoms with van der Waals surface area (Å²) in [5.41, 5.74) is -1.17. The maximum atomic E-state index is 12.5. The highest BCUT2D eigenvalue weighted by molar-refractivity contribution is 7.91. The van der Waals surface area contributed by atoms with Gasteiger partial charge in [0.15, 0.2) is 4.90 Å². The van der Waals surface area contributed by atoms with Gasteiger partial charge in [0.2, 0.25) is 9.84 Å². The number of non-ortho nitro benzene ring substituents is 1. The lowest BCUT2D eigenvalue weighted by atomic mass is 10.2. The first kappa shape index (κ1) is 14.9. The van der Waals surface area contributed by atoms with Gasteiger partial charge in [0.25, 0.3) is 5.69 Å². The van der Waals surface area contributed by atoms with Crippen molar-refractivity contribution in [2.75, 3.05) is 0 Å². The van der Waals surface area contributed by atoms with Crippen molar-refractivity contribution < 1.29 is 17.8 Å². The highest BCUT2D eigenvalue weighted by atomic mass is 32.2. The molecule has 1 heterocycles. The normalized spacial score (nSPS) is 11.5. The van der Waals surface area contributed by atoms with Crippen LogP contribution in [0, 0.1) is 10.1 Å². The minimum absolute atomic E-state index is 0.0583. The molecule has 0 saturated heterocycles. The predicted octanol–water partition coefficient (Wildman–Crippen LogP) is 2.53. The molecule has 8 heteroatoms. The molecule has 7 nitrogen and oxygen atoms in total. The lowest BCUT2D eigenvalue weighted by molar-refractivity contribution is -0.384. The monoisotopic (exact) mass is 331 g/mol. The summed E-state index contributed by atoms with van der Waals surface area (Å²) in [6.07, 6.45) is 0. The lowest BCUT2D eigenvalue weighted by Crippen LogP contribution is -2.14. The molecule has 1 aromatic heterocycles. The maximum Gasteiger partial charge on any atom is 0.355 e. The van der Waals surface area contributed by atoms with Crippen molar-refractivity contribution in [2.45, 2.75) is 9.79 Å². The lowest BCUT2D eigenvalue weighted by Gasteiger charge is -2.04. The van der Waals surface area contributed by atoms with E-state index in [1.54, 1.807) is 6.07 Å². The first-order chi connectivity index (χ1) is 10.9. The Bertz CT molecular complexity index is 1070. The molecule has 0 bridgehead atoms. The molecule has 0 unspecified atom stereocenters. The van der Waals surface area contributed by atoms with Crippen LogP contribution in [-0.2, 0) is 9.84 Å². The van der Waals surface area contributed by atoms with Crippen LogP contribution in [0.15, 0.2) is 73.6 Å². The van der Waals surface area contributed by atoms with Gasteiger partial charge >= 0.3 is 5.63 Å². The van der Waals surface area contributed by atoms with Crippen molar-refractivity contribution in [2.24, 2.45) is 0 Å². The second-order valence-electron chi connectivity index (χ2n) is 4.69. The smallest absolute Gasteiger partial charge is 0.355 e. The van der Waals surface area contributed by atoms with Gasteiger partial charge in [0.05, 0.1) is 9.82 Å². The van der Waals surface area contributed by atoms with Crippen LogP contribution >= 0.6 is 0 Å². The molecule has 0 aliphatic rings. The van der Waals surface area contributed by atoms with Crippen LogP contribution in [-0.4, -0.2) is 13.3 Å². The Morgan fingerprint density at radius 2 is 1.70 bits per heavy atom. The Balaban J connectivity index is 2.27. The van der Waals surface area contributed by atoms with E-state index in [-0.39, 0.29) is 21.6 Å². The average molecular weight is 331 g/mol. The summed E-state index contributed by atoms with van der Waals surface area (Å²) in [5, 5.41) is 11.0. The molecule has 0 N–H and O–H groups in total. The Morgan fingerprint density at radius 3 is 2.35 bits per heavy atom. The van der Waals surface area contributed by atoms with Crippen molar-refractivity contribution in [3.8, 4) is 0 Å². The van der Waals surface area contributed by atoms with Gasteiger partial charge in [-0.25, -0.2) is 13.2 Å². The topological polar surface area (TPSA) is 107 Å². The van der Waals surface area contributed by atoms with Gasteiger partial charge in [-0.05, 0) is 24.3 Å². The third-order valence-electron chi connectivity index (χ3n) is 3.24. The Hall–Kier alpha value is -3.00.